The van der Waals surface area contributed by atoms with Crippen LogP contribution in [0.25, 0.3) is 18.2 Å². The second kappa shape index (κ2) is 19.7. The Labute approximate surface area is 276 Å². The molecule has 45 heavy (non-hydrogen) atoms. The van der Waals surface area contributed by atoms with Gasteiger partial charge in [-0.15, -0.1) is 8.78 Å². The minimum atomic E-state index is -0.237. The largest absolute Gasteiger partial charge is 0.374 e. The van der Waals surface area contributed by atoms with Crippen molar-refractivity contribution in [2.24, 2.45) is 0 Å². The van der Waals surface area contributed by atoms with Crippen molar-refractivity contribution in [3.63, 3.8) is 0 Å². The predicted molar refractivity (Wildman–Crippen MR) is 195 cm³/mol. The summed E-state index contributed by atoms with van der Waals surface area (Å²) < 4.78 is 29.5. The summed E-state index contributed by atoms with van der Waals surface area (Å²) >= 11 is 0. The van der Waals surface area contributed by atoms with E-state index in [0.717, 1.165) is 46.9 Å². The van der Waals surface area contributed by atoms with Crippen LogP contribution >= 0.6 is 21.6 Å². The lowest BCUT2D eigenvalue weighted by molar-refractivity contribution is -0.720. The van der Waals surface area contributed by atoms with Crippen molar-refractivity contribution < 1.29 is 18.7 Å². The van der Waals surface area contributed by atoms with E-state index in [1.54, 1.807) is 34.3 Å². The molecule has 0 aliphatic heterocycles. The van der Waals surface area contributed by atoms with Crippen molar-refractivity contribution in [3.8, 4) is 0 Å². The molecule has 3 aromatic rings. The first-order valence-electron chi connectivity index (χ1n) is 15.3. The average Bonchev–Trinajstić information content (AvgIpc) is 3.04. The van der Waals surface area contributed by atoms with E-state index < -0.39 is 0 Å². The molecule has 0 saturated carbocycles. The van der Waals surface area contributed by atoms with Crippen molar-refractivity contribution in [3.05, 3.63) is 132 Å². The van der Waals surface area contributed by atoms with Crippen LogP contribution in [-0.4, -0.2) is 45.2 Å². The molecule has 238 valence electrons. The molecule has 4 nitrogen and oxygen atoms in total. The maximum absolute atomic E-state index is 14.0. The quantitative estimate of drug-likeness (QED) is 0.0381. The monoisotopic (exact) mass is 648 g/mol. The van der Waals surface area contributed by atoms with Crippen LogP contribution in [0.2, 0.25) is 0 Å². The molecule has 2 N–H and O–H groups in total. The number of hydrogen-bond donors (Lipinski definition) is 1. The Morgan fingerprint density at radius 2 is 1.40 bits per heavy atom. The zero-order valence-corrected chi connectivity index (χ0v) is 28.5. The maximum atomic E-state index is 14.0. The number of allylic oxidation sites excluding steroid dienone is 5. The molecular weight excluding hydrogens is 603 g/mol. The number of anilines is 2. The second-order valence-corrected chi connectivity index (χ2v) is 13.2. The van der Waals surface area contributed by atoms with E-state index in [9.17, 15) is 8.78 Å². The number of nitrogens with two attached hydrogens (primary N) is 1. The topological polar surface area (TPSA) is 27.0 Å². The SMILES string of the molecule is C=C/C=C(/C=C/c1ccc(N(C)CCSSCCN(C)c2ccc(/C=C/c3cc[n+](CC)c(F)c3)cc2)cc1)\C=C(\F)[NH2+]CC. The van der Waals surface area contributed by atoms with Crippen LogP contribution in [0, 0.1) is 5.95 Å². The predicted octanol–water partition coefficient (Wildman–Crippen LogP) is 7.78. The van der Waals surface area contributed by atoms with Gasteiger partial charge in [-0.05, 0) is 60.4 Å². The number of quaternary nitrogens is 1. The van der Waals surface area contributed by atoms with Gasteiger partial charge in [0.2, 0.25) is 0 Å². The molecule has 1 aromatic heterocycles. The van der Waals surface area contributed by atoms with Gasteiger partial charge in [0.25, 0.3) is 5.95 Å². The molecule has 2 aromatic carbocycles. The van der Waals surface area contributed by atoms with Gasteiger partial charge in [0, 0.05) is 68.3 Å². The van der Waals surface area contributed by atoms with Gasteiger partial charge in [0.05, 0.1) is 6.54 Å². The summed E-state index contributed by atoms with van der Waals surface area (Å²) in [6, 6.07) is 20.3. The Morgan fingerprint density at radius 3 is 1.91 bits per heavy atom. The number of hydrogen-bond acceptors (Lipinski definition) is 4. The molecule has 0 saturated heterocycles. The van der Waals surface area contributed by atoms with Crippen LogP contribution in [-0.2, 0) is 6.54 Å². The molecule has 0 aliphatic carbocycles. The summed E-state index contributed by atoms with van der Waals surface area (Å²) in [5.74, 6) is 1.60. The fourth-order valence-corrected chi connectivity index (χ4v) is 6.45. The van der Waals surface area contributed by atoms with Crippen molar-refractivity contribution in [1.29, 1.82) is 0 Å². The normalized spacial score (nSPS) is 12.3. The number of benzene rings is 2. The number of aryl methyl sites for hydroxylation is 1. The van der Waals surface area contributed by atoms with Gasteiger partial charge < -0.3 is 9.80 Å². The first-order valence-corrected chi connectivity index (χ1v) is 17.8. The van der Waals surface area contributed by atoms with Crippen LogP contribution < -0.4 is 19.7 Å². The van der Waals surface area contributed by atoms with Crippen LogP contribution in [0.1, 0.15) is 30.5 Å². The van der Waals surface area contributed by atoms with E-state index in [-0.39, 0.29) is 11.9 Å². The van der Waals surface area contributed by atoms with Gasteiger partial charge in [0.15, 0.2) is 6.20 Å². The first kappa shape index (κ1) is 35.9. The van der Waals surface area contributed by atoms with Crippen LogP contribution in [0.3, 0.4) is 0 Å². The molecule has 3 rings (SSSR count). The van der Waals surface area contributed by atoms with E-state index in [0.29, 0.717) is 13.1 Å². The zero-order chi connectivity index (χ0) is 32.4. The lowest BCUT2D eigenvalue weighted by atomic mass is 10.1. The van der Waals surface area contributed by atoms with Gasteiger partial charge >= 0.3 is 5.95 Å². The minimum Gasteiger partial charge on any atom is -0.374 e. The molecule has 0 atom stereocenters. The fraction of sp³-hybridized carbons (Fsp3) is 0.270. The number of rotatable bonds is 18. The summed E-state index contributed by atoms with van der Waals surface area (Å²) in [5.41, 5.74) is 6.10. The van der Waals surface area contributed by atoms with Crippen molar-refractivity contribution in [1.82, 2.24) is 0 Å². The van der Waals surface area contributed by atoms with Crippen molar-refractivity contribution in [2.75, 3.05) is 55.0 Å². The average molecular weight is 649 g/mol. The number of nitrogens with zero attached hydrogens (tertiary/aromatic N) is 3. The van der Waals surface area contributed by atoms with Gasteiger partial charge in [0.1, 0.15) is 6.54 Å². The van der Waals surface area contributed by atoms with Crippen molar-refractivity contribution >= 4 is 51.2 Å². The molecule has 0 aliphatic rings. The van der Waals surface area contributed by atoms with Gasteiger partial charge in [-0.3, -0.25) is 5.32 Å². The summed E-state index contributed by atoms with van der Waals surface area (Å²) in [6.45, 7) is 10.8. The third kappa shape index (κ3) is 12.7. The highest BCUT2D eigenvalue weighted by atomic mass is 33.1. The van der Waals surface area contributed by atoms with E-state index in [2.05, 4.69) is 79.0 Å². The van der Waals surface area contributed by atoms with Gasteiger partial charge in [-0.1, -0.05) is 88.9 Å². The molecule has 0 fully saturated rings. The van der Waals surface area contributed by atoms with E-state index in [4.69, 9.17) is 0 Å². The maximum Gasteiger partial charge on any atom is 0.360 e. The lowest BCUT2D eigenvalue weighted by Gasteiger charge is -2.20. The van der Waals surface area contributed by atoms with Crippen LogP contribution in [0.4, 0.5) is 20.2 Å². The number of pyridine rings is 1. The van der Waals surface area contributed by atoms with Crippen LogP contribution in [0.5, 0.6) is 0 Å². The minimum absolute atomic E-state index is 0.225. The molecule has 1 heterocycles. The smallest absolute Gasteiger partial charge is 0.360 e. The summed E-state index contributed by atoms with van der Waals surface area (Å²) in [6.07, 6.45) is 14.6. The molecule has 0 spiro atoms. The molecule has 8 heteroatoms. The Balaban J connectivity index is 1.36. The third-order valence-corrected chi connectivity index (χ3v) is 9.43. The van der Waals surface area contributed by atoms with Gasteiger partial charge in [-0.2, -0.15) is 4.57 Å². The lowest BCUT2D eigenvalue weighted by Crippen LogP contribution is -2.80. The Hall–Kier alpha value is -3.59. The standard InChI is InChI=1S/C37H45F2N4S2/c1-6-9-32(28-36(38)40-7-2)12-10-30-14-18-34(19-15-30)41(4)24-26-44-45-27-25-42(5)35-20-16-31(17-21-35)11-13-33-22-23-43(8-3)37(39)29-33/h6,9-23,28-29,40H,1,7-8,24-27H2,2-5H3/q+1/p+1/b12-10+,32-9-,36-28-. The Bertz CT molecular complexity index is 1460. The summed E-state index contributed by atoms with van der Waals surface area (Å²) in [7, 11) is 8.03. The zero-order valence-electron chi connectivity index (χ0n) is 26.8. The van der Waals surface area contributed by atoms with Crippen molar-refractivity contribution in [2.45, 2.75) is 20.4 Å². The van der Waals surface area contributed by atoms with Crippen LogP contribution in [0.15, 0.2) is 109 Å². The Morgan fingerprint density at radius 1 is 0.844 bits per heavy atom. The summed E-state index contributed by atoms with van der Waals surface area (Å²) in [5, 5.41) is 1.56. The highest BCUT2D eigenvalue weighted by Gasteiger charge is 2.07. The van der Waals surface area contributed by atoms with E-state index in [1.807, 2.05) is 65.8 Å². The third-order valence-electron chi connectivity index (χ3n) is 7.07. The molecule has 0 bridgehead atoms. The fourth-order valence-electron chi connectivity index (χ4n) is 4.37. The molecule has 0 unspecified atom stereocenters. The highest BCUT2D eigenvalue weighted by molar-refractivity contribution is 8.76. The van der Waals surface area contributed by atoms with E-state index in [1.165, 1.54) is 17.5 Å². The summed E-state index contributed by atoms with van der Waals surface area (Å²) in [4.78, 5) is 4.53. The molecule has 0 amide bonds. The highest BCUT2D eigenvalue weighted by Crippen LogP contribution is 2.24. The molecule has 0 radical (unpaired) electrons. The van der Waals surface area contributed by atoms with E-state index >= 15 is 0 Å². The molecular formula is C37H46F2N4S2+2. The Kier molecular flexibility index (Phi) is 15.7. The first-order chi connectivity index (χ1) is 21.8. The second-order valence-electron chi connectivity index (χ2n) is 10.4. The van der Waals surface area contributed by atoms with Gasteiger partial charge in [-0.25, -0.2) is 0 Å². The number of halogens is 2. The number of aromatic nitrogens is 1.